The van der Waals surface area contributed by atoms with Crippen molar-refractivity contribution in [3.63, 3.8) is 0 Å². The van der Waals surface area contributed by atoms with E-state index in [-0.39, 0.29) is 0 Å². The highest BCUT2D eigenvalue weighted by atomic mass is 35.5. The second-order valence-electron chi connectivity index (χ2n) is 4.66. The van der Waals surface area contributed by atoms with E-state index in [0.29, 0.717) is 5.41 Å². The first-order chi connectivity index (χ1) is 6.79. The molecule has 0 radical (unpaired) electrons. The molecule has 1 heterocycles. The van der Waals surface area contributed by atoms with Crippen LogP contribution in [0.15, 0.2) is 18.2 Å². The minimum absolute atomic E-state index is 0.540. The van der Waals surface area contributed by atoms with Gasteiger partial charge in [0.25, 0.3) is 0 Å². The summed E-state index contributed by atoms with van der Waals surface area (Å²) in [6.07, 6.45) is 3.71. The van der Waals surface area contributed by atoms with Gasteiger partial charge in [-0.3, -0.25) is 0 Å². The fourth-order valence-corrected chi connectivity index (χ4v) is 2.94. The zero-order valence-corrected chi connectivity index (χ0v) is 8.90. The van der Waals surface area contributed by atoms with Gasteiger partial charge >= 0.3 is 0 Å². The molecule has 0 saturated carbocycles. The number of rotatable bonds is 0. The summed E-state index contributed by atoms with van der Waals surface area (Å²) in [5.74, 6) is 0. The molecule has 1 fully saturated rings. The lowest BCUT2D eigenvalue weighted by molar-refractivity contribution is 0.143. The molecule has 0 amide bonds. The Bertz CT molecular complexity index is 369. The van der Waals surface area contributed by atoms with Crippen molar-refractivity contribution in [3.8, 4) is 0 Å². The SMILES string of the molecule is Clc1cccc2c1CC1(CC2)CNC1. The summed E-state index contributed by atoms with van der Waals surface area (Å²) in [5, 5.41) is 4.35. The van der Waals surface area contributed by atoms with Gasteiger partial charge in [0.05, 0.1) is 0 Å². The molecule has 74 valence electrons. The number of fused-ring (bicyclic) bond motifs is 1. The van der Waals surface area contributed by atoms with Gasteiger partial charge in [-0.2, -0.15) is 0 Å². The molecule has 1 aliphatic heterocycles. The molecule has 1 nitrogen and oxygen atoms in total. The maximum absolute atomic E-state index is 6.23. The van der Waals surface area contributed by atoms with E-state index in [1.54, 1.807) is 0 Å². The van der Waals surface area contributed by atoms with Crippen LogP contribution in [0.3, 0.4) is 0 Å². The third-order valence-electron chi connectivity index (χ3n) is 3.69. The average Bonchev–Trinajstić information content (AvgIpc) is 2.16. The van der Waals surface area contributed by atoms with E-state index in [1.165, 1.54) is 43.5 Å². The largest absolute Gasteiger partial charge is 0.316 e. The molecule has 1 N–H and O–H groups in total. The summed E-state index contributed by atoms with van der Waals surface area (Å²) < 4.78 is 0. The van der Waals surface area contributed by atoms with Crippen LogP contribution in [-0.4, -0.2) is 13.1 Å². The van der Waals surface area contributed by atoms with Crippen LogP contribution >= 0.6 is 11.6 Å². The normalized spacial score (nSPS) is 22.9. The third kappa shape index (κ3) is 1.19. The van der Waals surface area contributed by atoms with Crippen molar-refractivity contribution in [2.45, 2.75) is 19.3 Å². The van der Waals surface area contributed by atoms with E-state index in [4.69, 9.17) is 11.6 Å². The van der Waals surface area contributed by atoms with Gasteiger partial charge < -0.3 is 5.32 Å². The molecule has 1 aliphatic carbocycles. The molecule has 0 unspecified atom stereocenters. The van der Waals surface area contributed by atoms with Gasteiger partial charge in [-0.25, -0.2) is 0 Å². The average molecular weight is 208 g/mol. The number of halogens is 1. The fourth-order valence-electron chi connectivity index (χ4n) is 2.68. The Morgan fingerprint density at radius 2 is 2.14 bits per heavy atom. The summed E-state index contributed by atoms with van der Waals surface area (Å²) in [6.45, 7) is 2.36. The third-order valence-corrected chi connectivity index (χ3v) is 4.05. The Morgan fingerprint density at radius 3 is 2.86 bits per heavy atom. The van der Waals surface area contributed by atoms with Crippen LogP contribution in [0.1, 0.15) is 17.5 Å². The molecule has 1 spiro atoms. The highest BCUT2D eigenvalue weighted by Crippen LogP contribution is 2.40. The van der Waals surface area contributed by atoms with E-state index in [0.717, 1.165) is 5.02 Å². The zero-order chi connectivity index (χ0) is 9.60. The summed E-state index contributed by atoms with van der Waals surface area (Å²) in [5.41, 5.74) is 3.41. The van der Waals surface area contributed by atoms with E-state index < -0.39 is 0 Å². The van der Waals surface area contributed by atoms with E-state index >= 15 is 0 Å². The Labute approximate surface area is 89.5 Å². The van der Waals surface area contributed by atoms with Crippen molar-refractivity contribution in [1.29, 1.82) is 0 Å². The summed E-state index contributed by atoms with van der Waals surface area (Å²) in [6, 6.07) is 6.31. The van der Waals surface area contributed by atoms with Crippen molar-refractivity contribution in [1.82, 2.24) is 5.32 Å². The van der Waals surface area contributed by atoms with Crippen molar-refractivity contribution < 1.29 is 0 Å². The highest BCUT2D eigenvalue weighted by molar-refractivity contribution is 6.31. The van der Waals surface area contributed by atoms with E-state index in [9.17, 15) is 0 Å². The Balaban J connectivity index is 2.00. The molecule has 1 aromatic rings. The standard InChI is InChI=1S/C12H14ClN/c13-11-3-1-2-9-4-5-12(6-10(9)11)7-14-8-12/h1-3,14H,4-8H2. The molecule has 0 atom stereocenters. The van der Waals surface area contributed by atoms with Crippen LogP contribution in [0, 0.1) is 5.41 Å². The zero-order valence-electron chi connectivity index (χ0n) is 8.15. The van der Waals surface area contributed by atoms with Crippen molar-refractivity contribution in [2.75, 3.05) is 13.1 Å². The molecule has 14 heavy (non-hydrogen) atoms. The molecule has 2 aliphatic rings. The number of hydrogen-bond acceptors (Lipinski definition) is 1. The van der Waals surface area contributed by atoms with Crippen LogP contribution in [0.5, 0.6) is 0 Å². The van der Waals surface area contributed by atoms with E-state index in [1.807, 2.05) is 6.07 Å². The lowest BCUT2D eigenvalue weighted by atomic mass is 9.68. The summed E-state index contributed by atoms with van der Waals surface area (Å²) in [7, 11) is 0. The van der Waals surface area contributed by atoms with Crippen LogP contribution in [-0.2, 0) is 12.8 Å². The first-order valence-corrected chi connectivity index (χ1v) is 5.64. The molecule has 0 bridgehead atoms. The van der Waals surface area contributed by atoms with Crippen LogP contribution in [0.25, 0.3) is 0 Å². The summed E-state index contributed by atoms with van der Waals surface area (Å²) >= 11 is 6.23. The quantitative estimate of drug-likeness (QED) is 0.689. The maximum atomic E-state index is 6.23. The first kappa shape index (κ1) is 8.75. The number of aryl methyl sites for hydroxylation is 1. The molecule has 3 rings (SSSR count). The lowest BCUT2D eigenvalue weighted by Crippen LogP contribution is -2.56. The van der Waals surface area contributed by atoms with Crippen molar-refractivity contribution >= 4 is 11.6 Å². The molecule has 2 heteroatoms. The minimum Gasteiger partial charge on any atom is -0.316 e. The molecule has 0 aromatic heterocycles. The maximum Gasteiger partial charge on any atom is 0.0440 e. The van der Waals surface area contributed by atoms with Gasteiger partial charge in [-0.15, -0.1) is 0 Å². The predicted molar refractivity (Wildman–Crippen MR) is 58.8 cm³/mol. The Kier molecular flexibility index (Phi) is 1.86. The molecular weight excluding hydrogens is 194 g/mol. The second-order valence-corrected chi connectivity index (χ2v) is 5.07. The van der Waals surface area contributed by atoms with Crippen molar-refractivity contribution in [2.24, 2.45) is 5.41 Å². The topological polar surface area (TPSA) is 12.0 Å². The van der Waals surface area contributed by atoms with Gasteiger partial charge in [-0.1, -0.05) is 23.7 Å². The minimum atomic E-state index is 0.540. The summed E-state index contributed by atoms with van der Waals surface area (Å²) in [4.78, 5) is 0. The van der Waals surface area contributed by atoms with Gasteiger partial charge in [-0.05, 0) is 41.9 Å². The molecule has 1 aromatic carbocycles. The van der Waals surface area contributed by atoms with Crippen LogP contribution in [0.4, 0.5) is 0 Å². The molecule has 1 saturated heterocycles. The lowest BCUT2D eigenvalue weighted by Gasteiger charge is -2.46. The highest BCUT2D eigenvalue weighted by Gasteiger charge is 2.39. The Hall–Kier alpha value is -0.530. The van der Waals surface area contributed by atoms with Crippen LogP contribution in [0.2, 0.25) is 5.02 Å². The van der Waals surface area contributed by atoms with Crippen LogP contribution < -0.4 is 5.32 Å². The second kappa shape index (κ2) is 2.98. The fraction of sp³-hybridized carbons (Fsp3) is 0.500. The smallest absolute Gasteiger partial charge is 0.0440 e. The Morgan fingerprint density at radius 1 is 1.29 bits per heavy atom. The van der Waals surface area contributed by atoms with Gasteiger partial charge in [0.15, 0.2) is 0 Å². The van der Waals surface area contributed by atoms with Crippen molar-refractivity contribution in [3.05, 3.63) is 34.3 Å². The number of benzene rings is 1. The molecular formula is C12H14ClN. The first-order valence-electron chi connectivity index (χ1n) is 5.26. The number of nitrogens with one attached hydrogen (secondary N) is 1. The predicted octanol–water partition coefficient (Wildman–Crippen LogP) is 2.42. The van der Waals surface area contributed by atoms with Gasteiger partial charge in [0.2, 0.25) is 0 Å². The number of hydrogen-bond donors (Lipinski definition) is 1. The van der Waals surface area contributed by atoms with E-state index in [2.05, 4.69) is 17.4 Å². The monoisotopic (exact) mass is 207 g/mol. The van der Waals surface area contributed by atoms with Gasteiger partial charge in [0.1, 0.15) is 0 Å². The van der Waals surface area contributed by atoms with Gasteiger partial charge in [0, 0.05) is 18.1 Å².